The molecule has 0 aliphatic carbocycles. The molecule has 0 unspecified atom stereocenters. The molecule has 106 valence electrons. The van der Waals surface area contributed by atoms with Gasteiger partial charge < -0.3 is 0 Å². The second kappa shape index (κ2) is 7.91. The molecular formula is C18H26BN. The third-order valence-electron chi connectivity index (χ3n) is 3.39. The van der Waals surface area contributed by atoms with E-state index in [4.69, 9.17) is 0 Å². The normalized spacial score (nSPS) is 10.2. The van der Waals surface area contributed by atoms with Gasteiger partial charge in [0.15, 0.2) is 6.71 Å². The maximum Gasteiger partial charge on any atom is 0.169 e. The van der Waals surface area contributed by atoms with E-state index in [1.54, 1.807) is 0 Å². The van der Waals surface area contributed by atoms with Crippen molar-refractivity contribution in [3.63, 3.8) is 0 Å². The van der Waals surface area contributed by atoms with Crippen LogP contribution in [0.25, 0.3) is 0 Å². The van der Waals surface area contributed by atoms with Crippen molar-refractivity contribution in [2.24, 2.45) is 0 Å². The first kappa shape index (κ1) is 16.5. The zero-order valence-electron chi connectivity index (χ0n) is 12.1. The summed E-state index contributed by atoms with van der Waals surface area (Å²) in [7, 11) is 2.17. The quantitative estimate of drug-likeness (QED) is 0.742. The van der Waals surface area contributed by atoms with Crippen molar-refractivity contribution in [3.8, 4) is 0 Å². The van der Waals surface area contributed by atoms with E-state index in [1.807, 2.05) is 0 Å². The summed E-state index contributed by atoms with van der Waals surface area (Å²) in [6.45, 7) is 7.06. The molecule has 0 spiro atoms. The van der Waals surface area contributed by atoms with Gasteiger partial charge in [-0.15, -0.1) is 0 Å². The summed E-state index contributed by atoms with van der Waals surface area (Å²) >= 11 is 0. The van der Waals surface area contributed by atoms with Crippen LogP contribution in [0.1, 0.15) is 18.6 Å². The highest BCUT2D eigenvalue weighted by Gasteiger charge is 2.04. The minimum Gasteiger partial charge on any atom is -0.298 e. The maximum absolute atomic E-state index is 2.35. The smallest absolute Gasteiger partial charge is 0.169 e. The van der Waals surface area contributed by atoms with Crippen molar-refractivity contribution in [3.05, 3.63) is 65.7 Å². The van der Waals surface area contributed by atoms with E-state index in [0.717, 1.165) is 13.1 Å². The first-order valence-electron chi connectivity index (χ1n) is 6.96. The first-order valence-corrected chi connectivity index (χ1v) is 6.96. The van der Waals surface area contributed by atoms with Crippen LogP contribution in [0.15, 0.2) is 54.6 Å². The standard InChI is InChI=1S/C17H22BN.CH4/c1-18(2)17-11-9-16(10-12-17)14-19(3)13-15-7-5-4-6-8-15;/h4-12H,13-14H2,1-3H3;1H4. The number of hydrogen-bond donors (Lipinski definition) is 0. The molecule has 0 N–H and O–H groups in total. The SMILES string of the molecule is C.CB(C)c1ccc(CN(C)Cc2ccccc2)cc1. The zero-order valence-corrected chi connectivity index (χ0v) is 12.1. The van der Waals surface area contributed by atoms with Gasteiger partial charge in [-0.3, -0.25) is 4.90 Å². The average Bonchev–Trinajstić information content (AvgIpc) is 2.40. The molecule has 0 aliphatic rings. The molecule has 0 saturated carbocycles. The van der Waals surface area contributed by atoms with Gasteiger partial charge in [-0.25, -0.2) is 0 Å². The number of hydrogen-bond acceptors (Lipinski definition) is 1. The maximum atomic E-state index is 2.35. The lowest BCUT2D eigenvalue weighted by atomic mass is 9.49. The highest BCUT2D eigenvalue weighted by atomic mass is 15.1. The van der Waals surface area contributed by atoms with Gasteiger partial charge in [0.2, 0.25) is 0 Å². The van der Waals surface area contributed by atoms with E-state index in [9.17, 15) is 0 Å². The van der Waals surface area contributed by atoms with Crippen LogP contribution in [0.4, 0.5) is 0 Å². The molecule has 0 aromatic heterocycles. The second-order valence-electron chi connectivity index (χ2n) is 5.55. The number of benzene rings is 2. The molecule has 2 aromatic rings. The summed E-state index contributed by atoms with van der Waals surface area (Å²) < 4.78 is 0. The fourth-order valence-electron chi connectivity index (χ4n) is 2.27. The number of nitrogens with zero attached hydrogens (tertiary/aromatic N) is 1. The summed E-state index contributed by atoms with van der Waals surface area (Å²) in [6.07, 6.45) is 0. The molecule has 0 heterocycles. The molecule has 2 heteroatoms. The Morgan fingerprint density at radius 1 is 0.800 bits per heavy atom. The van der Waals surface area contributed by atoms with Crippen molar-refractivity contribution in [2.75, 3.05) is 7.05 Å². The summed E-state index contributed by atoms with van der Waals surface area (Å²) in [5.41, 5.74) is 4.15. The van der Waals surface area contributed by atoms with Crippen LogP contribution in [-0.2, 0) is 13.1 Å². The van der Waals surface area contributed by atoms with Crippen LogP contribution in [0.5, 0.6) is 0 Å². The van der Waals surface area contributed by atoms with E-state index < -0.39 is 0 Å². The molecule has 0 amide bonds. The van der Waals surface area contributed by atoms with Crippen molar-refractivity contribution < 1.29 is 0 Å². The van der Waals surface area contributed by atoms with Crippen LogP contribution in [0.2, 0.25) is 13.6 Å². The van der Waals surface area contributed by atoms with Crippen LogP contribution in [0, 0.1) is 0 Å². The van der Waals surface area contributed by atoms with Crippen LogP contribution < -0.4 is 5.46 Å². The van der Waals surface area contributed by atoms with Crippen molar-refractivity contribution in [1.29, 1.82) is 0 Å². The van der Waals surface area contributed by atoms with Gasteiger partial charge in [-0.05, 0) is 18.2 Å². The van der Waals surface area contributed by atoms with Crippen molar-refractivity contribution >= 4 is 12.2 Å². The Morgan fingerprint density at radius 2 is 1.30 bits per heavy atom. The highest BCUT2D eigenvalue weighted by molar-refractivity contribution is 6.70. The molecule has 0 saturated heterocycles. The van der Waals surface area contributed by atoms with Crippen molar-refractivity contribution in [1.82, 2.24) is 4.90 Å². The van der Waals surface area contributed by atoms with E-state index in [-0.39, 0.29) is 7.43 Å². The fourth-order valence-corrected chi connectivity index (χ4v) is 2.27. The Labute approximate surface area is 124 Å². The Hall–Kier alpha value is -1.54. The zero-order chi connectivity index (χ0) is 13.7. The minimum absolute atomic E-state index is 0. The van der Waals surface area contributed by atoms with Crippen LogP contribution >= 0.6 is 0 Å². The second-order valence-corrected chi connectivity index (χ2v) is 5.55. The largest absolute Gasteiger partial charge is 0.298 e. The van der Waals surface area contributed by atoms with Gasteiger partial charge in [0.05, 0.1) is 0 Å². The lowest BCUT2D eigenvalue weighted by Gasteiger charge is -2.17. The van der Waals surface area contributed by atoms with Gasteiger partial charge in [-0.1, -0.05) is 81.1 Å². The topological polar surface area (TPSA) is 3.24 Å². The van der Waals surface area contributed by atoms with E-state index in [2.05, 4.69) is 80.2 Å². The van der Waals surface area contributed by atoms with Crippen LogP contribution in [-0.4, -0.2) is 18.7 Å². The molecule has 0 bridgehead atoms. The molecule has 20 heavy (non-hydrogen) atoms. The van der Waals surface area contributed by atoms with Gasteiger partial charge in [-0.2, -0.15) is 0 Å². The summed E-state index contributed by atoms with van der Waals surface area (Å²) in [5, 5.41) is 0. The lowest BCUT2D eigenvalue weighted by molar-refractivity contribution is 0.319. The molecular weight excluding hydrogens is 241 g/mol. The number of rotatable bonds is 5. The Kier molecular flexibility index (Phi) is 6.53. The van der Waals surface area contributed by atoms with Gasteiger partial charge in [0.25, 0.3) is 0 Å². The molecule has 1 nitrogen and oxygen atoms in total. The average molecular weight is 267 g/mol. The monoisotopic (exact) mass is 267 g/mol. The predicted molar refractivity (Wildman–Crippen MR) is 91.9 cm³/mol. The third-order valence-corrected chi connectivity index (χ3v) is 3.39. The van der Waals surface area contributed by atoms with Gasteiger partial charge in [0.1, 0.15) is 0 Å². The van der Waals surface area contributed by atoms with Crippen LogP contribution in [0.3, 0.4) is 0 Å². The van der Waals surface area contributed by atoms with E-state index >= 15 is 0 Å². The summed E-state index contributed by atoms with van der Waals surface area (Å²) in [4.78, 5) is 2.35. The van der Waals surface area contributed by atoms with E-state index in [1.165, 1.54) is 16.6 Å². The lowest BCUT2D eigenvalue weighted by Crippen LogP contribution is -2.23. The molecule has 0 atom stereocenters. The highest BCUT2D eigenvalue weighted by Crippen LogP contribution is 2.07. The Morgan fingerprint density at radius 3 is 1.80 bits per heavy atom. The molecule has 0 fully saturated rings. The van der Waals surface area contributed by atoms with Crippen molar-refractivity contribution in [2.45, 2.75) is 34.2 Å². The molecule has 2 aromatic carbocycles. The van der Waals surface area contributed by atoms with Gasteiger partial charge >= 0.3 is 0 Å². The van der Waals surface area contributed by atoms with E-state index in [0.29, 0.717) is 6.71 Å². The molecule has 0 aliphatic heterocycles. The minimum atomic E-state index is 0. The van der Waals surface area contributed by atoms with Gasteiger partial charge in [0, 0.05) is 13.1 Å². The molecule has 2 rings (SSSR count). The summed E-state index contributed by atoms with van der Waals surface area (Å²) in [6, 6.07) is 19.6. The Balaban J connectivity index is 0.00000200. The first-order chi connectivity index (χ1) is 9.15. The molecule has 0 radical (unpaired) electrons. The Bertz CT molecular complexity index is 491. The third kappa shape index (κ3) is 4.86. The predicted octanol–water partition coefficient (Wildman–Crippen LogP) is 3.92. The summed E-state index contributed by atoms with van der Waals surface area (Å²) in [5.74, 6) is 0. The fraction of sp³-hybridized carbons (Fsp3) is 0.333.